The van der Waals surface area contributed by atoms with Gasteiger partial charge in [-0.05, 0) is 6.42 Å². The normalized spacial score (nSPS) is 11.5. The summed E-state index contributed by atoms with van der Waals surface area (Å²) in [6.45, 7) is 0. The van der Waals surface area contributed by atoms with Crippen LogP contribution in [0.3, 0.4) is 0 Å². The molecule has 0 atom stereocenters. The van der Waals surface area contributed by atoms with Gasteiger partial charge >= 0.3 is 7.60 Å². The van der Waals surface area contributed by atoms with Gasteiger partial charge in [0.2, 0.25) is 5.52 Å². The Bertz CT molecular complexity index is 163. The van der Waals surface area contributed by atoms with Crippen LogP contribution in [0.25, 0.3) is 0 Å². The minimum absolute atomic E-state index is 0.145. The van der Waals surface area contributed by atoms with Crippen LogP contribution in [0.2, 0.25) is 0 Å². The molecule has 0 aliphatic rings. The summed E-state index contributed by atoms with van der Waals surface area (Å²) in [6, 6.07) is 0. The molecule has 0 rings (SSSR count). The van der Waals surface area contributed by atoms with E-state index in [-0.39, 0.29) is 12.3 Å². The molecule has 0 unspecified atom stereocenters. The summed E-state index contributed by atoms with van der Waals surface area (Å²) >= 11 is 5.19. The molecule has 0 aromatic heterocycles. The number of alkyl halides is 1. The van der Waals surface area contributed by atoms with Gasteiger partial charge in [0.05, 0.1) is 0 Å². The first-order chi connectivity index (χ1) is 4.48. The highest BCUT2D eigenvalue weighted by atomic mass is 35.5. The van der Waals surface area contributed by atoms with Crippen LogP contribution in [0.4, 0.5) is 0 Å². The Morgan fingerprint density at radius 1 is 1.50 bits per heavy atom. The smallest absolute Gasteiger partial charge is 0.319 e. The van der Waals surface area contributed by atoms with Crippen molar-refractivity contribution in [3.05, 3.63) is 0 Å². The van der Waals surface area contributed by atoms with Crippen molar-refractivity contribution in [1.82, 2.24) is 0 Å². The third kappa shape index (κ3) is 4.01. The molecule has 4 nitrogen and oxygen atoms in total. The molecule has 0 spiro atoms. The highest BCUT2D eigenvalue weighted by Gasteiger charge is 2.23. The number of halogens is 1. The lowest BCUT2D eigenvalue weighted by Crippen LogP contribution is -1.98. The molecule has 0 bridgehead atoms. The fourth-order valence-electron chi connectivity index (χ4n) is 0.364. The summed E-state index contributed by atoms with van der Waals surface area (Å²) in [5, 5.41) is 0. The van der Waals surface area contributed by atoms with Crippen molar-refractivity contribution in [2.75, 3.05) is 5.88 Å². The molecule has 0 aromatic rings. The molecule has 0 aliphatic carbocycles. The zero-order chi connectivity index (χ0) is 8.20. The van der Waals surface area contributed by atoms with Gasteiger partial charge in [0.1, 0.15) is 0 Å². The van der Waals surface area contributed by atoms with E-state index in [9.17, 15) is 9.36 Å². The van der Waals surface area contributed by atoms with Gasteiger partial charge in [0.15, 0.2) is 0 Å². The molecule has 6 heteroatoms. The van der Waals surface area contributed by atoms with Gasteiger partial charge in [-0.1, -0.05) is 0 Å². The van der Waals surface area contributed by atoms with E-state index >= 15 is 0 Å². The molecule has 0 heterocycles. The lowest BCUT2D eigenvalue weighted by Gasteiger charge is -1.99. The molecule has 0 aromatic carbocycles. The van der Waals surface area contributed by atoms with Crippen LogP contribution in [0.15, 0.2) is 0 Å². The van der Waals surface area contributed by atoms with Gasteiger partial charge in [-0.2, -0.15) is 0 Å². The van der Waals surface area contributed by atoms with Crippen molar-refractivity contribution in [1.29, 1.82) is 0 Å². The van der Waals surface area contributed by atoms with Crippen molar-refractivity contribution in [2.45, 2.75) is 12.8 Å². The Morgan fingerprint density at radius 3 is 2.30 bits per heavy atom. The van der Waals surface area contributed by atoms with E-state index in [4.69, 9.17) is 21.4 Å². The molecule has 0 aliphatic heterocycles. The van der Waals surface area contributed by atoms with E-state index in [2.05, 4.69) is 0 Å². The molecule has 0 amide bonds. The minimum Gasteiger partial charge on any atom is -0.319 e. The molecular weight excluding hydrogens is 178 g/mol. The first kappa shape index (κ1) is 10.1. The fourth-order valence-corrected chi connectivity index (χ4v) is 0.947. The Labute approximate surface area is 63.4 Å². The highest BCUT2D eigenvalue weighted by molar-refractivity contribution is 7.70. The highest BCUT2D eigenvalue weighted by Crippen LogP contribution is 2.37. The Kier molecular flexibility index (Phi) is 4.13. The summed E-state index contributed by atoms with van der Waals surface area (Å²) < 4.78 is 10.1. The summed E-state index contributed by atoms with van der Waals surface area (Å²) in [5.74, 6) is 0.242. The summed E-state index contributed by atoms with van der Waals surface area (Å²) in [7, 11) is -4.48. The van der Waals surface area contributed by atoms with E-state index < -0.39 is 13.1 Å². The number of rotatable bonds is 4. The van der Waals surface area contributed by atoms with Crippen molar-refractivity contribution in [3.63, 3.8) is 0 Å². The Hall–Kier alpha value is 0.110. The van der Waals surface area contributed by atoms with Crippen LogP contribution in [-0.4, -0.2) is 21.2 Å². The Morgan fingerprint density at radius 2 is 2.00 bits per heavy atom. The predicted octanol–water partition coefficient (Wildman–Crippen LogP) is 0.710. The van der Waals surface area contributed by atoms with Gasteiger partial charge in [-0.15, -0.1) is 11.6 Å². The van der Waals surface area contributed by atoms with E-state index in [0.29, 0.717) is 6.42 Å². The third-order valence-electron chi connectivity index (χ3n) is 0.849. The van der Waals surface area contributed by atoms with Crippen molar-refractivity contribution in [3.8, 4) is 0 Å². The van der Waals surface area contributed by atoms with Crippen molar-refractivity contribution < 1.29 is 19.1 Å². The monoisotopic (exact) mass is 186 g/mol. The molecule has 0 saturated carbocycles. The zero-order valence-corrected chi connectivity index (χ0v) is 6.81. The van der Waals surface area contributed by atoms with Crippen LogP contribution in [0, 0.1) is 0 Å². The molecule has 2 N–H and O–H groups in total. The van der Waals surface area contributed by atoms with Gasteiger partial charge in [-0.3, -0.25) is 9.36 Å². The molecule has 0 fully saturated rings. The average Bonchev–Trinajstić information content (AvgIpc) is 1.80. The first-order valence-electron chi connectivity index (χ1n) is 2.63. The van der Waals surface area contributed by atoms with E-state index in [1.807, 2.05) is 0 Å². The standard InChI is InChI=1S/C4H8ClO4P/c5-3-1-2-4(6)10(7,8)9/h1-3H2,(H2,7,8,9). The van der Waals surface area contributed by atoms with Crippen LogP contribution in [-0.2, 0) is 9.36 Å². The van der Waals surface area contributed by atoms with E-state index in [0.717, 1.165) is 0 Å². The predicted molar refractivity (Wildman–Crippen MR) is 37.0 cm³/mol. The van der Waals surface area contributed by atoms with Crippen LogP contribution in [0.5, 0.6) is 0 Å². The fraction of sp³-hybridized carbons (Fsp3) is 0.750. The van der Waals surface area contributed by atoms with Gasteiger partial charge in [0, 0.05) is 12.3 Å². The number of hydrogen-bond acceptors (Lipinski definition) is 2. The maximum Gasteiger partial charge on any atom is 0.391 e. The van der Waals surface area contributed by atoms with Gasteiger partial charge < -0.3 is 9.79 Å². The SMILES string of the molecule is O=C(CCCCl)P(=O)(O)O. The molecule has 0 radical (unpaired) electrons. The van der Waals surface area contributed by atoms with Gasteiger partial charge in [-0.25, -0.2) is 0 Å². The molecule has 60 valence electrons. The van der Waals surface area contributed by atoms with Crippen LogP contribution in [0.1, 0.15) is 12.8 Å². The Balaban J connectivity index is 3.76. The largest absolute Gasteiger partial charge is 0.391 e. The quantitative estimate of drug-likeness (QED) is 0.501. The van der Waals surface area contributed by atoms with Crippen LogP contribution < -0.4 is 0 Å². The number of hydrogen-bond donors (Lipinski definition) is 2. The molecule has 0 saturated heterocycles. The van der Waals surface area contributed by atoms with E-state index in [1.54, 1.807) is 0 Å². The molecule has 10 heavy (non-hydrogen) atoms. The number of carbonyl (C=O) groups excluding carboxylic acids is 1. The summed E-state index contributed by atoms with van der Waals surface area (Å²) in [5.41, 5.74) is -1.03. The minimum atomic E-state index is -4.48. The number of carbonyl (C=O) groups is 1. The van der Waals surface area contributed by atoms with Gasteiger partial charge in [0.25, 0.3) is 0 Å². The second-order valence-electron chi connectivity index (χ2n) is 1.73. The third-order valence-corrected chi connectivity index (χ3v) is 1.99. The topological polar surface area (TPSA) is 74.6 Å². The van der Waals surface area contributed by atoms with Crippen LogP contribution >= 0.6 is 19.2 Å². The van der Waals surface area contributed by atoms with E-state index in [1.165, 1.54) is 0 Å². The first-order valence-corrected chi connectivity index (χ1v) is 4.78. The maximum absolute atomic E-state index is 10.4. The zero-order valence-electron chi connectivity index (χ0n) is 5.16. The second-order valence-corrected chi connectivity index (χ2v) is 3.70. The second kappa shape index (κ2) is 4.09. The molecular formula is C4H8ClO4P. The maximum atomic E-state index is 10.4. The summed E-state index contributed by atoms with van der Waals surface area (Å²) in [4.78, 5) is 26.9. The lowest BCUT2D eigenvalue weighted by molar-refractivity contribution is -0.113. The summed E-state index contributed by atoms with van der Waals surface area (Å²) in [6.07, 6.45) is 0.166. The van der Waals surface area contributed by atoms with Crippen molar-refractivity contribution in [2.24, 2.45) is 0 Å². The van der Waals surface area contributed by atoms with Crippen molar-refractivity contribution >= 4 is 24.7 Å². The lowest BCUT2D eigenvalue weighted by atomic mass is 10.4. The average molecular weight is 187 g/mol.